The summed E-state index contributed by atoms with van der Waals surface area (Å²) in [7, 11) is 3.11. The van der Waals surface area contributed by atoms with Gasteiger partial charge in [0.05, 0.1) is 14.2 Å². The molecule has 2 amide bonds. The van der Waals surface area contributed by atoms with Crippen LogP contribution >= 0.6 is 12.2 Å². The molecule has 3 aromatic rings. The maximum absolute atomic E-state index is 12.4. The van der Waals surface area contributed by atoms with Gasteiger partial charge in [0.1, 0.15) is 0 Å². The number of hydrogen-bond acceptors (Lipinski definition) is 5. The minimum Gasteiger partial charge on any atom is -0.493 e. The lowest BCUT2D eigenvalue weighted by atomic mass is 10.1. The second-order valence-corrected chi connectivity index (χ2v) is 7.65. The molecule has 8 heteroatoms. The zero-order valence-electron chi connectivity index (χ0n) is 19.0. The van der Waals surface area contributed by atoms with Crippen molar-refractivity contribution < 1.29 is 19.1 Å². The first-order chi connectivity index (χ1) is 16.4. The van der Waals surface area contributed by atoms with Crippen molar-refractivity contribution >= 4 is 46.6 Å². The molecule has 0 aromatic heterocycles. The van der Waals surface area contributed by atoms with E-state index in [0.29, 0.717) is 28.4 Å². The minimum atomic E-state index is -0.379. The smallest absolute Gasteiger partial charge is 0.255 e. The molecule has 0 bridgehead atoms. The minimum absolute atomic E-state index is 0.155. The second kappa shape index (κ2) is 11.6. The third-order valence-electron chi connectivity index (χ3n) is 4.84. The lowest BCUT2D eigenvalue weighted by molar-refractivity contribution is -0.115. The topological polar surface area (TPSA) is 88.7 Å². The predicted molar refractivity (Wildman–Crippen MR) is 139 cm³/mol. The number of carbonyl (C=O) groups is 2. The van der Waals surface area contributed by atoms with E-state index in [1.54, 1.807) is 56.7 Å². The molecule has 0 heterocycles. The molecule has 3 aromatic carbocycles. The summed E-state index contributed by atoms with van der Waals surface area (Å²) in [6.07, 6.45) is 3.02. The summed E-state index contributed by atoms with van der Waals surface area (Å²) in [6, 6.07) is 19.7. The van der Waals surface area contributed by atoms with Crippen molar-refractivity contribution in [2.75, 3.05) is 24.9 Å². The molecule has 0 radical (unpaired) electrons. The largest absolute Gasteiger partial charge is 0.493 e. The van der Waals surface area contributed by atoms with Crippen molar-refractivity contribution in [1.29, 1.82) is 0 Å². The molecule has 0 atom stereocenters. The first kappa shape index (κ1) is 24.5. The van der Waals surface area contributed by atoms with Crippen LogP contribution in [0.2, 0.25) is 0 Å². The summed E-state index contributed by atoms with van der Waals surface area (Å²) in [5.41, 5.74) is 3.57. The zero-order valence-corrected chi connectivity index (χ0v) is 19.9. The van der Waals surface area contributed by atoms with Gasteiger partial charge in [0.15, 0.2) is 16.6 Å². The SMILES string of the molecule is COc1ccc(/C=C/C(=O)NC(=S)Nc2ccc(NC(=O)c3ccccc3)c(C)c2)cc1OC. The average molecular weight is 476 g/mol. The van der Waals surface area contributed by atoms with Crippen molar-refractivity contribution in [2.45, 2.75) is 6.92 Å². The predicted octanol–water partition coefficient (Wildman–Crippen LogP) is 4.79. The highest BCUT2D eigenvalue weighted by Crippen LogP contribution is 2.28. The van der Waals surface area contributed by atoms with E-state index in [1.165, 1.54) is 6.08 Å². The van der Waals surface area contributed by atoms with Gasteiger partial charge in [-0.05, 0) is 78.8 Å². The van der Waals surface area contributed by atoms with Crippen LogP contribution in [0, 0.1) is 6.92 Å². The number of hydrogen-bond donors (Lipinski definition) is 3. The standard InChI is InChI=1S/C26H25N3O4S/c1-17-15-20(11-12-21(17)28-25(31)19-7-5-4-6-8-19)27-26(34)29-24(30)14-10-18-9-13-22(32-2)23(16-18)33-3/h4-16H,1-3H3,(H,28,31)(H2,27,29,30,34)/b14-10+. The number of methoxy groups -OCH3 is 2. The van der Waals surface area contributed by atoms with E-state index in [9.17, 15) is 9.59 Å². The van der Waals surface area contributed by atoms with Gasteiger partial charge in [-0.25, -0.2) is 0 Å². The third kappa shape index (κ3) is 6.66. The molecule has 0 spiro atoms. The van der Waals surface area contributed by atoms with Crippen LogP contribution in [-0.2, 0) is 4.79 Å². The maximum Gasteiger partial charge on any atom is 0.255 e. The molecule has 3 N–H and O–H groups in total. The van der Waals surface area contributed by atoms with E-state index in [2.05, 4.69) is 16.0 Å². The van der Waals surface area contributed by atoms with Gasteiger partial charge in [-0.3, -0.25) is 14.9 Å². The second-order valence-electron chi connectivity index (χ2n) is 7.24. The van der Waals surface area contributed by atoms with Crippen LogP contribution < -0.4 is 25.4 Å². The fourth-order valence-corrected chi connectivity index (χ4v) is 3.33. The summed E-state index contributed by atoms with van der Waals surface area (Å²) in [6.45, 7) is 1.87. The number of benzene rings is 3. The number of amides is 2. The third-order valence-corrected chi connectivity index (χ3v) is 5.04. The van der Waals surface area contributed by atoms with E-state index in [0.717, 1.165) is 11.1 Å². The van der Waals surface area contributed by atoms with Gasteiger partial charge in [-0.15, -0.1) is 0 Å². The first-order valence-electron chi connectivity index (χ1n) is 10.4. The van der Waals surface area contributed by atoms with E-state index >= 15 is 0 Å². The van der Waals surface area contributed by atoms with Gasteiger partial charge >= 0.3 is 0 Å². The Balaban J connectivity index is 1.56. The molecule has 0 aliphatic rings. The molecule has 0 aliphatic carbocycles. The monoisotopic (exact) mass is 475 g/mol. The lowest BCUT2D eigenvalue weighted by Gasteiger charge is -2.12. The molecule has 0 saturated carbocycles. The summed E-state index contributed by atoms with van der Waals surface area (Å²) in [5.74, 6) is 0.612. The number of carbonyl (C=O) groups excluding carboxylic acids is 2. The van der Waals surface area contributed by atoms with Crippen LogP contribution in [0.1, 0.15) is 21.5 Å². The molecule has 0 saturated heterocycles. The number of rotatable bonds is 7. The number of nitrogens with one attached hydrogen (secondary N) is 3. The molecule has 34 heavy (non-hydrogen) atoms. The number of ether oxygens (including phenoxy) is 2. The first-order valence-corrected chi connectivity index (χ1v) is 10.8. The van der Waals surface area contributed by atoms with Crippen molar-refractivity contribution in [3.63, 3.8) is 0 Å². The molecule has 3 rings (SSSR count). The quantitative estimate of drug-likeness (QED) is 0.336. The Kier molecular flexibility index (Phi) is 8.37. The van der Waals surface area contributed by atoms with E-state index in [-0.39, 0.29) is 16.9 Å². The van der Waals surface area contributed by atoms with Crippen LogP contribution in [0.15, 0.2) is 72.8 Å². The highest BCUT2D eigenvalue weighted by molar-refractivity contribution is 7.80. The fourth-order valence-electron chi connectivity index (χ4n) is 3.11. The summed E-state index contributed by atoms with van der Waals surface area (Å²) >= 11 is 5.24. The molecule has 7 nitrogen and oxygen atoms in total. The van der Waals surface area contributed by atoms with Crippen LogP contribution in [0.5, 0.6) is 11.5 Å². The normalized spacial score (nSPS) is 10.4. The van der Waals surface area contributed by atoms with Gasteiger partial charge in [-0.1, -0.05) is 24.3 Å². The summed E-state index contributed by atoms with van der Waals surface area (Å²) in [5, 5.41) is 8.63. The van der Waals surface area contributed by atoms with Crippen LogP contribution in [0.4, 0.5) is 11.4 Å². The van der Waals surface area contributed by atoms with Gasteiger partial charge in [0.25, 0.3) is 5.91 Å². The Morgan fingerprint density at radius 3 is 2.29 bits per heavy atom. The number of aryl methyl sites for hydroxylation is 1. The lowest BCUT2D eigenvalue weighted by Crippen LogP contribution is -2.32. The van der Waals surface area contributed by atoms with Gasteiger partial charge in [0.2, 0.25) is 5.91 Å². The highest BCUT2D eigenvalue weighted by Gasteiger charge is 2.09. The van der Waals surface area contributed by atoms with Crippen molar-refractivity contribution in [1.82, 2.24) is 5.32 Å². The van der Waals surface area contributed by atoms with Gasteiger partial charge < -0.3 is 20.1 Å². The number of thiocarbonyl (C=S) groups is 1. The molecular formula is C26H25N3O4S. The average Bonchev–Trinajstić information content (AvgIpc) is 2.84. The Morgan fingerprint density at radius 1 is 0.882 bits per heavy atom. The summed E-state index contributed by atoms with van der Waals surface area (Å²) in [4.78, 5) is 24.6. The number of anilines is 2. The van der Waals surface area contributed by atoms with Gasteiger partial charge in [-0.2, -0.15) is 0 Å². The van der Waals surface area contributed by atoms with Crippen LogP contribution in [0.3, 0.4) is 0 Å². The van der Waals surface area contributed by atoms with Gasteiger partial charge in [0, 0.05) is 23.0 Å². The Bertz CT molecular complexity index is 1230. The van der Waals surface area contributed by atoms with Crippen molar-refractivity contribution in [3.05, 3.63) is 89.5 Å². The van der Waals surface area contributed by atoms with Crippen molar-refractivity contribution in [2.24, 2.45) is 0 Å². The Hall–Kier alpha value is -4.17. The van der Waals surface area contributed by atoms with E-state index in [1.807, 2.05) is 37.3 Å². The molecule has 0 unspecified atom stereocenters. The summed E-state index contributed by atoms with van der Waals surface area (Å²) < 4.78 is 10.5. The Labute approximate surface area is 203 Å². The van der Waals surface area contributed by atoms with E-state index < -0.39 is 0 Å². The van der Waals surface area contributed by atoms with Crippen molar-refractivity contribution in [3.8, 4) is 11.5 Å². The highest BCUT2D eigenvalue weighted by atomic mass is 32.1. The zero-order chi connectivity index (χ0) is 24.5. The van der Waals surface area contributed by atoms with Crippen LogP contribution in [0.25, 0.3) is 6.08 Å². The van der Waals surface area contributed by atoms with Crippen LogP contribution in [-0.4, -0.2) is 31.1 Å². The maximum atomic E-state index is 12.4. The Morgan fingerprint density at radius 2 is 1.62 bits per heavy atom. The molecule has 0 fully saturated rings. The molecule has 0 aliphatic heterocycles. The van der Waals surface area contributed by atoms with E-state index in [4.69, 9.17) is 21.7 Å². The molecule has 174 valence electrons. The fraction of sp³-hybridized carbons (Fsp3) is 0.115. The molecular weight excluding hydrogens is 450 g/mol.